The number of hydrogen-bond donors (Lipinski definition) is 2. The smallest absolute Gasteiger partial charge is 0.167 e. The van der Waals surface area contributed by atoms with Gasteiger partial charge in [0, 0.05) is 43.6 Å². The molecular weight excluding hydrogens is 472 g/mol. The summed E-state index contributed by atoms with van der Waals surface area (Å²) in [5.41, 5.74) is 15.5. The zero-order valence-corrected chi connectivity index (χ0v) is 20.7. The number of rotatable bonds is 5. The van der Waals surface area contributed by atoms with Gasteiger partial charge in [0.15, 0.2) is 5.65 Å². The monoisotopic (exact) mass is 503 g/mol. The minimum absolute atomic E-state index is 0.0486. The number of nitrogen functional groups attached to an aromatic ring is 1. The highest BCUT2D eigenvalue weighted by Crippen LogP contribution is 2.36. The number of benzene rings is 2. The molecule has 9 heteroatoms. The molecule has 2 aliphatic heterocycles. The number of aromatic nitrogens is 3. The van der Waals surface area contributed by atoms with Crippen LogP contribution in [0.25, 0.3) is 28.2 Å². The molecule has 0 saturated carbocycles. The zero-order chi connectivity index (χ0) is 25.5. The van der Waals surface area contributed by atoms with Gasteiger partial charge in [-0.1, -0.05) is 0 Å². The second kappa shape index (κ2) is 9.63. The third kappa shape index (κ3) is 4.27. The molecule has 0 amide bonds. The Hall–Kier alpha value is -3.72. The molecular formula is C28H31F2N7. The van der Waals surface area contributed by atoms with Gasteiger partial charge in [0.05, 0.1) is 17.1 Å². The van der Waals surface area contributed by atoms with E-state index in [1.54, 1.807) is 29.0 Å². The van der Waals surface area contributed by atoms with Crippen LogP contribution in [0.2, 0.25) is 0 Å². The average Bonchev–Trinajstić information content (AvgIpc) is 3.59. The van der Waals surface area contributed by atoms with Crippen LogP contribution >= 0.6 is 0 Å². The number of nitrogens with two attached hydrogens (primary N) is 2. The van der Waals surface area contributed by atoms with E-state index in [0.29, 0.717) is 40.7 Å². The molecule has 37 heavy (non-hydrogen) atoms. The Morgan fingerprint density at radius 2 is 1.70 bits per heavy atom. The van der Waals surface area contributed by atoms with Crippen molar-refractivity contribution < 1.29 is 8.78 Å². The molecule has 192 valence electrons. The lowest BCUT2D eigenvalue weighted by Gasteiger charge is -2.33. The number of piperidine rings is 1. The van der Waals surface area contributed by atoms with Crippen molar-refractivity contribution in [1.82, 2.24) is 14.5 Å². The Morgan fingerprint density at radius 1 is 0.892 bits per heavy atom. The molecule has 2 aromatic heterocycles. The summed E-state index contributed by atoms with van der Waals surface area (Å²) in [5.74, 6) is -0.112. The molecule has 4 heterocycles. The average molecular weight is 504 g/mol. The first kappa shape index (κ1) is 23.7. The number of imidazole rings is 1. The van der Waals surface area contributed by atoms with E-state index in [-0.39, 0.29) is 11.5 Å². The summed E-state index contributed by atoms with van der Waals surface area (Å²) in [6.07, 6.45) is 6.08. The summed E-state index contributed by atoms with van der Waals surface area (Å²) in [6.45, 7) is 4.19. The van der Waals surface area contributed by atoms with Gasteiger partial charge in [0.2, 0.25) is 0 Å². The maximum Gasteiger partial charge on any atom is 0.167 e. The fourth-order valence-electron chi connectivity index (χ4n) is 5.63. The quantitative estimate of drug-likeness (QED) is 0.383. The predicted octanol–water partition coefficient (Wildman–Crippen LogP) is 4.72. The van der Waals surface area contributed by atoms with Crippen molar-refractivity contribution in [2.24, 2.45) is 11.7 Å². The summed E-state index contributed by atoms with van der Waals surface area (Å²) >= 11 is 0. The summed E-state index contributed by atoms with van der Waals surface area (Å²) in [4.78, 5) is 14.0. The highest BCUT2D eigenvalue weighted by Gasteiger charge is 2.26. The molecule has 7 nitrogen and oxygen atoms in total. The number of anilines is 3. The maximum atomic E-state index is 15.8. The molecule has 1 atom stereocenters. The van der Waals surface area contributed by atoms with Gasteiger partial charge in [-0.3, -0.25) is 4.57 Å². The van der Waals surface area contributed by atoms with Gasteiger partial charge in [0.25, 0.3) is 0 Å². The third-order valence-electron chi connectivity index (χ3n) is 7.62. The van der Waals surface area contributed by atoms with Crippen molar-refractivity contribution in [3.8, 4) is 17.1 Å². The van der Waals surface area contributed by atoms with Crippen molar-refractivity contribution >= 4 is 28.2 Å². The molecule has 2 saturated heterocycles. The van der Waals surface area contributed by atoms with Crippen molar-refractivity contribution in [3.05, 3.63) is 60.3 Å². The van der Waals surface area contributed by atoms with E-state index in [9.17, 15) is 4.39 Å². The lowest BCUT2D eigenvalue weighted by atomic mass is 9.98. The van der Waals surface area contributed by atoms with E-state index in [1.807, 2.05) is 12.1 Å². The fourth-order valence-corrected chi connectivity index (χ4v) is 5.63. The molecule has 0 unspecified atom stereocenters. The van der Waals surface area contributed by atoms with Gasteiger partial charge in [-0.25, -0.2) is 18.7 Å². The molecule has 0 spiro atoms. The van der Waals surface area contributed by atoms with Crippen LogP contribution in [0, 0.1) is 17.6 Å². The number of nitrogens with zero attached hydrogens (tertiary/aromatic N) is 5. The lowest BCUT2D eigenvalue weighted by Crippen LogP contribution is -2.38. The molecule has 2 aromatic carbocycles. The van der Waals surface area contributed by atoms with Crippen molar-refractivity contribution in [2.75, 3.05) is 48.3 Å². The van der Waals surface area contributed by atoms with Crippen LogP contribution in [0.1, 0.15) is 25.7 Å². The molecule has 0 bridgehead atoms. The van der Waals surface area contributed by atoms with Crippen molar-refractivity contribution in [2.45, 2.75) is 25.7 Å². The normalized spacial score (nSPS) is 18.2. The van der Waals surface area contributed by atoms with Gasteiger partial charge in [-0.15, -0.1) is 0 Å². The zero-order valence-electron chi connectivity index (χ0n) is 20.7. The molecule has 0 aliphatic carbocycles. The first-order chi connectivity index (χ1) is 18.0. The molecule has 2 fully saturated rings. The van der Waals surface area contributed by atoms with Gasteiger partial charge in [0.1, 0.15) is 23.0 Å². The van der Waals surface area contributed by atoms with Crippen molar-refractivity contribution in [3.63, 3.8) is 0 Å². The van der Waals surface area contributed by atoms with Gasteiger partial charge in [-0.05, 0) is 80.6 Å². The Kier molecular flexibility index (Phi) is 6.16. The summed E-state index contributed by atoms with van der Waals surface area (Å²) < 4.78 is 32.0. The van der Waals surface area contributed by atoms with Gasteiger partial charge >= 0.3 is 0 Å². The first-order valence-corrected chi connectivity index (χ1v) is 13.0. The van der Waals surface area contributed by atoms with E-state index in [0.717, 1.165) is 63.2 Å². The first-order valence-electron chi connectivity index (χ1n) is 13.0. The highest BCUT2D eigenvalue weighted by molar-refractivity contribution is 5.91. The van der Waals surface area contributed by atoms with Crippen LogP contribution < -0.4 is 21.3 Å². The Balaban J connectivity index is 1.54. The fraction of sp³-hybridized carbons (Fsp3) is 0.357. The van der Waals surface area contributed by atoms with Crippen LogP contribution in [0.3, 0.4) is 0 Å². The van der Waals surface area contributed by atoms with E-state index < -0.39 is 5.82 Å². The summed E-state index contributed by atoms with van der Waals surface area (Å²) in [6, 6.07) is 11.8. The Morgan fingerprint density at radius 3 is 2.46 bits per heavy atom. The topological polar surface area (TPSA) is 89.2 Å². The predicted molar refractivity (Wildman–Crippen MR) is 144 cm³/mol. The Bertz CT molecular complexity index is 1440. The van der Waals surface area contributed by atoms with Crippen LogP contribution in [0.5, 0.6) is 0 Å². The summed E-state index contributed by atoms with van der Waals surface area (Å²) in [7, 11) is 0. The maximum absolute atomic E-state index is 15.8. The lowest BCUT2D eigenvalue weighted by molar-refractivity contribution is 0.424. The standard InChI is InChI=1S/C28H31F2N7/c29-21-14-19(5-7-23(21)32)27-34-26-25(36-13-3-4-18(16-31)17-36)9-10-33-28(26)37(27)24-8-6-20(15-22(24)30)35-11-1-2-12-35/h5-10,14-15,18H,1-4,11-13,16-17,31-32H2/t18-/m0/s1. The SMILES string of the molecule is NC[C@@H]1CCCN(c2ccnc3c2nc(-c2ccc(N)c(F)c2)n3-c2ccc(N3CCCC3)cc2F)C1. The molecule has 6 rings (SSSR count). The molecule has 2 aliphatic rings. The van der Waals surface area contributed by atoms with Crippen LogP contribution in [0.15, 0.2) is 48.7 Å². The van der Waals surface area contributed by atoms with E-state index in [1.165, 1.54) is 12.1 Å². The number of pyridine rings is 1. The molecule has 0 radical (unpaired) electrons. The minimum atomic E-state index is -0.545. The molecule has 4 N–H and O–H groups in total. The highest BCUT2D eigenvalue weighted by atomic mass is 19.1. The van der Waals surface area contributed by atoms with Gasteiger partial charge < -0.3 is 21.3 Å². The second-order valence-electron chi connectivity index (χ2n) is 10.0. The van der Waals surface area contributed by atoms with E-state index in [4.69, 9.17) is 16.5 Å². The molecule has 4 aromatic rings. The van der Waals surface area contributed by atoms with Crippen molar-refractivity contribution in [1.29, 1.82) is 0 Å². The van der Waals surface area contributed by atoms with E-state index >= 15 is 4.39 Å². The number of fused-ring (bicyclic) bond motifs is 1. The Labute approximate surface area is 214 Å². The summed E-state index contributed by atoms with van der Waals surface area (Å²) in [5, 5.41) is 0. The number of halogens is 2. The number of hydrogen-bond acceptors (Lipinski definition) is 6. The second-order valence-corrected chi connectivity index (χ2v) is 10.0. The van der Waals surface area contributed by atoms with Crippen LogP contribution in [0.4, 0.5) is 25.8 Å². The van der Waals surface area contributed by atoms with Crippen LogP contribution in [-0.2, 0) is 0 Å². The van der Waals surface area contributed by atoms with Crippen LogP contribution in [-0.4, -0.2) is 47.3 Å². The van der Waals surface area contributed by atoms with Gasteiger partial charge in [-0.2, -0.15) is 0 Å². The largest absolute Gasteiger partial charge is 0.396 e. The van der Waals surface area contributed by atoms with E-state index in [2.05, 4.69) is 14.8 Å². The minimum Gasteiger partial charge on any atom is -0.396 e. The third-order valence-corrected chi connectivity index (χ3v) is 7.62.